The van der Waals surface area contributed by atoms with Crippen LogP contribution in [0.1, 0.15) is 41.9 Å². The molecule has 0 atom stereocenters. The zero-order chi connectivity index (χ0) is 17.9. The van der Waals surface area contributed by atoms with Crippen LogP contribution in [-0.4, -0.2) is 31.1 Å². The monoisotopic (exact) mass is 370 g/mol. The Hall–Kier alpha value is -2.13. The van der Waals surface area contributed by atoms with Gasteiger partial charge < -0.3 is 9.84 Å². The molecule has 0 amide bonds. The van der Waals surface area contributed by atoms with Gasteiger partial charge in [0.25, 0.3) is 10.0 Å². The molecule has 2 rings (SSSR count). The summed E-state index contributed by atoms with van der Waals surface area (Å²) in [5, 5.41) is 9.25. The Bertz CT molecular complexity index is 843. The van der Waals surface area contributed by atoms with Crippen molar-refractivity contribution in [2.45, 2.75) is 31.6 Å². The third kappa shape index (κ3) is 3.85. The van der Waals surface area contributed by atoms with E-state index in [1.807, 2.05) is 13.8 Å². The molecule has 0 spiro atoms. The number of anilines is 1. The van der Waals surface area contributed by atoms with Gasteiger partial charge in [-0.1, -0.05) is 13.8 Å². The van der Waals surface area contributed by atoms with Gasteiger partial charge in [0.1, 0.15) is 11.3 Å². The second-order valence-corrected chi connectivity index (χ2v) is 7.79. The lowest BCUT2D eigenvalue weighted by molar-refractivity contribution is 0.0692. The second kappa shape index (κ2) is 7.18. The molecule has 7 nitrogen and oxygen atoms in total. The van der Waals surface area contributed by atoms with Crippen molar-refractivity contribution in [3.05, 3.63) is 34.2 Å². The third-order valence-electron chi connectivity index (χ3n) is 3.14. The largest absolute Gasteiger partial charge is 0.493 e. The second-order valence-electron chi connectivity index (χ2n) is 5.22. The average Bonchev–Trinajstić information content (AvgIpc) is 2.95. The molecule has 24 heavy (non-hydrogen) atoms. The van der Waals surface area contributed by atoms with Gasteiger partial charge in [-0.3, -0.25) is 4.72 Å². The van der Waals surface area contributed by atoms with E-state index in [1.54, 1.807) is 12.4 Å². The van der Waals surface area contributed by atoms with E-state index in [2.05, 4.69) is 9.71 Å². The lowest BCUT2D eigenvalue weighted by Gasteiger charge is -2.12. The molecule has 0 saturated carbocycles. The predicted molar refractivity (Wildman–Crippen MR) is 91.6 cm³/mol. The van der Waals surface area contributed by atoms with Crippen molar-refractivity contribution < 1.29 is 23.1 Å². The summed E-state index contributed by atoms with van der Waals surface area (Å²) in [5.41, 5.74) is 1.36. The van der Waals surface area contributed by atoms with Gasteiger partial charge >= 0.3 is 5.97 Å². The van der Waals surface area contributed by atoms with Crippen LogP contribution in [0.5, 0.6) is 5.75 Å². The zero-order valence-corrected chi connectivity index (χ0v) is 15.1. The molecular weight excluding hydrogens is 352 g/mol. The number of hydrogen-bond acceptors (Lipinski definition) is 6. The number of nitrogens with zero attached hydrogens (tertiary/aromatic N) is 1. The van der Waals surface area contributed by atoms with Gasteiger partial charge in [0.15, 0.2) is 5.82 Å². The number of aromatic nitrogens is 1. The van der Waals surface area contributed by atoms with Crippen LogP contribution in [0.4, 0.5) is 5.82 Å². The van der Waals surface area contributed by atoms with Crippen LogP contribution in [0.15, 0.2) is 28.6 Å². The highest BCUT2D eigenvalue weighted by molar-refractivity contribution is 7.92. The molecule has 9 heteroatoms. The van der Waals surface area contributed by atoms with Crippen LogP contribution in [0, 0.1) is 0 Å². The van der Waals surface area contributed by atoms with E-state index in [0.717, 1.165) is 10.9 Å². The first kappa shape index (κ1) is 18.2. The van der Waals surface area contributed by atoms with Gasteiger partial charge in [0.05, 0.1) is 21.9 Å². The van der Waals surface area contributed by atoms with E-state index in [9.17, 15) is 18.3 Å². The van der Waals surface area contributed by atoms with Crippen molar-refractivity contribution in [2.75, 3.05) is 11.3 Å². The molecule has 0 bridgehead atoms. The molecule has 0 saturated heterocycles. The number of nitrogens with one attached hydrogen (secondary N) is 1. The number of benzene rings is 1. The molecule has 0 aliphatic carbocycles. The summed E-state index contributed by atoms with van der Waals surface area (Å²) in [4.78, 5) is 16.0. The minimum absolute atomic E-state index is 0.116. The summed E-state index contributed by atoms with van der Waals surface area (Å²) in [6.07, 6.45) is 0. The van der Waals surface area contributed by atoms with Crippen molar-refractivity contribution in [1.29, 1.82) is 0 Å². The topological polar surface area (TPSA) is 106 Å². The van der Waals surface area contributed by atoms with Gasteiger partial charge in [-0.05, 0) is 31.0 Å². The standard InChI is InChI=1S/C15H18N2O5S2/c1-4-22-12-6-5-10(7-11(12)15(18)19)24(20,21)17-14-13(9(2)3)23-8-16-14/h5-9,17H,4H2,1-3H3,(H,18,19). The summed E-state index contributed by atoms with van der Waals surface area (Å²) in [6, 6.07) is 3.73. The lowest BCUT2D eigenvalue weighted by atomic mass is 10.2. The van der Waals surface area contributed by atoms with Gasteiger partial charge in [0, 0.05) is 0 Å². The summed E-state index contributed by atoms with van der Waals surface area (Å²) in [7, 11) is -3.95. The Morgan fingerprint density at radius 3 is 2.71 bits per heavy atom. The van der Waals surface area contributed by atoms with Crippen LogP contribution >= 0.6 is 11.3 Å². The first-order valence-corrected chi connectivity index (χ1v) is 9.59. The number of rotatable bonds is 7. The minimum atomic E-state index is -3.95. The fraction of sp³-hybridized carbons (Fsp3) is 0.333. The van der Waals surface area contributed by atoms with Gasteiger partial charge in [-0.25, -0.2) is 18.2 Å². The molecule has 0 radical (unpaired) electrons. The summed E-state index contributed by atoms with van der Waals surface area (Å²) >= 11 is 1.36. The van der Waals surface area contributed by atoms with Crippen LogP contribution in [0.2, 0.25) is 0 Å². The highest BCUT2D eigenvalue weighted by Gasteiger charge is 2.22. The fourth-order valence-corrected chi connectivity index (χ4v) is 3.93. The van der Waals surface area contributed by atoms with E-state index in [-0.39, 0.29) is 34.6 Å². The number of hydrogen-bond donors (Lipinski definition) is 2. The minimum Gasteiger partial charge on any atom is -0.493 e. The first-order chi connectivity index (χ1) is 11.3. The van der Waals surface area contributed by atoms with Crippen LogP contribution < -0.4 is 9.46 Å². The fourth-order valence-electron chi connectivity index (χ4n) is 2.05. The number of carbonyl (C=O) groups is 1. The normalized spacial score (nSPS) is 11.5. The summed E-state index contributed by atoms with van der Waals surface area (Å²) in [6.45, 7) is 5.87. The smallest absolute Gasteiger partial charge is 0.339 e. The lowest BCUT2D eigenvalue weighted by Crippen LogP contribution is -2.15. The maximum atomic E-state index is 12.5. The molecule has 0 fully saturated rings. The van der Waals surface area contributed by atoms with Gasteiger partial charge in [0.2, 0.25) is 0 Å². The predicted octanol–water partition coefficient (Wildman–Crippen LogP) is 3.16. The number of sulfonamides is 1. The molecule has 2 N–H and O–H groups in total. The van der Waals surface area contributed by atoms with E-state index in [1.165, 1.54) is 23.5 Å². The number of thiazole rings is 1. The van der Waals surface area contributed by atoms with Crippen molar-refractivity contribution in [2.24, 2.45) is 0 Å². The summed E-state index contributed by atoms with van der Waals surface area (Å²) in [5.74, 6) is -0.752. The van der Waals surface area contributed by atoms with Crippen molar-refractivity contribution >= 4 is 33.1 Å². The molecule has 2 aromatic rings. The van der Waals surface area contributed by atoms with Crippen LogP contribution in [0.3, 0.4) is 0 Å². The Balaban J connectivity index is 2.40. The van der Waals surface area contributed by atoms with Crippen LogP contribution in [0.25, 0.3) is 0 Å². The SMILES string of the molecule is CCOc1ccc(S(=O)(=O)Nc2ncsc2C(C)C)cc1C(=O)O. The van der Waals surface area contributed by atoms with E-state index in [4.69, 9.17) is 4.74 Å². The Morgan fingerprint density at radius 2 is 2.12 bits per heavy atom. The highest BCUT2D eigenvalue weighted by atomic mass is 32.2. The van der Waals surface area contributed by atoms with E-state index >= 15 is 0 Å². The Labute approximate surface area is 144 Å². The van der Waals surface area contributed by atoms with Gasteiger partial charge in [-0.15, -0.1) is 11.3 Å². The number of carboxylic acids is 1. The number of carboxylic acid groups (broad SMARTS) is 1. The molecule has 0 unspecified atom stereocenters. The highest BCUT2D eigenvalue weighted by Crippen LogP contribution is 2.30. The third-order valence-corrected chi connectivity index (χ3v) is 5.61. The Morgan fingerprint density at radius 1 is 1.42 bits per heavy atom. The molecule has 1 heterocycles. The van der Waals surface area contributed by atoms with E-state index in [0.29, 0.717) is 0 Å². The molecule has 130 valence electrons. The van der Waals surface area contributed by atoms with Crippen molar-refractivity contribution in [3.8, 4) is 5.75 Å². The molecular formula is C15H18N2O5S2. The first-order valence-electron chi connectivity index (χ1n) is 7.22. The molecule has 1 aromatic heterocycles. The van der Waals surface area contributed by atoms with Crippen LogP contribution in [-0.2, 0) is 10.0 Å². The molecule has 0 aliphatic rings. The number of ether oxygens (including phenoxy) is 1. The van der Waals surface area contributed by atoms with Crippen molar-refractivity contribution in [1.82, 2.24) is 4.98 Å². The number of aromatic carboxylic acids is 1. The maximum Gasteiger partial charge on any atom is 0.339 e. The van der Waals surface area contributed by atoms with Gasteiger partial charge in [-0.2, -0.15) is 0 Å². The Kier molecular flexibility index (Phi) is 5.45. The maximum absolute atomic E-state index is 12.5. The zero-order valence-electron chi connectivity index (χ0n) is 13.4. The molecule has 0 aliphatic heterocycles. The molecule has 1 aromatic carbocycles. The summed E-state index contributed by atoms with van der Waals surface area (Å²) < 4.78 is 32.7. The quantitative estimate of drug-likeness (QED) is 0.775. The van der Waals surface area contributed by atoms with E-state index < -0.39 is 16.0 Å². The van der Waals surface area contributed by atoms with Crippen molar-refractivity contribution in [3.63, 3.8) is 0 Å². The average molecular weight is 370 g/mol.